The van der Waals surface area contributed by atoms with Crippen LogP contribution >= 0.6 is 0 Å². The van der Waals surface area contributed by atoms with Gasteiger partial charge in [-0.2, -0.15) is 13.2 Å². The zero-order valence-electron chi connectivity index (χ0n) is 12.5. The second-order valence-electron chi connectivity index (χ2n) is 5.30. The third-order valence-corrected chi connectivity index (χ3v) is 3.40. The first-order valence-electron chi connectivity index (χ1n) is 7.35. The predicted molar refractivity (Wildman–Crippen MR) is 77.3 cm³/mol. The Morgan fingerprint density at radius 2 is 2.00 bits per heavy atom. The lowest BCUT2D eigenvalue weighted by molar-refractivity contribution is -0.138. The number of hydrogen-bond donors (Lipinski definition) is 1. The van der Waals surface area contributed by atoms with Gasteiger partial charge in [0.15, 0.2) is 0 Å². The summed E-state index contributed by atoms with van der Waals surface area (Å²) < 4.78 is 38.9. The molecule has 3 nitrogen and oxygen atoms in total. The number of pyridine rings is 1. The van der Waals surface area contributed by atoms with Gasteiger partial charge in [-0.25, -0.2) is 0 Å². The minimum absolute atomic E-state index is 0.237. The topological polar surface area (TPSA) is 34.0 Å². The molecule has 0 saturated carbocycles. The van der Waals surface area contributed by atoms with Crippen LogP contribution in [0.1, 0.15) is 45.1 Å². The number of halogens is 3. The van der Waals surface area contributed by atoms with Crippen LogP contribution in [-0.4, -0.2) is 17.2 Å². The highest BCUT2D eigenvalue weighted by Crippen LogP contribution is 2.27. The van der Waals surface area contributed by atoms with Crippen LogP contribution in [0.4, 0.5) is 13.2 Å². The predicted octanol–water partition coefficient (Wildman–Crippen LogP) is 3.43. The Kier molecular flexibility index (Phi) is 6.95. The van der Waals surface area contributed by atoms with Crippen LogP contribution in [-0.2, 0) is 12.7 Å². The van der Waals surface area contributed by atoms with Gasteiger partial charge in [0.25, 0.3) is 5.56 Å². The van der Waals surface area contributed by atoms with Crippen molar-refractivity contribution < 1.29 is 13.2 Å². The Balaban J connectivity index is 2.50. The van der Waals surface area contributed by atoms with E-state index in [-0.39, 0.29) is 6.54 Å². The summed E-state index contributed by atoms with van der Waals surface area (Å²) in [6, 6.07) is 2.09. The van der Waals surface area contributed by atoms with Crippen LogP contribution in [0.5, 0.6) is 0 Å². The van der Waals surface area contributed by atoms with E-state index < -0.39 is 17.3 Å². The second-order valence-corrected chi connectivity index (χ2v) is 5.30. The summed E-state index contributed by atoms with van der Waals surface area (Å²) >= 11 is 0. The van der Waals surface area contributed by atoms with Crippen molar-refractivity contribution in [1.82, 2.24) is 9.88 Å². The molecule has 0 radical (unpaired) electrons. The van der Waals surface area contributed by atoms with Gasteiger partial charge in [-0.1, -0.05) is 26.2 Å². The number of nitrogens with one attached hydrogen (secondary N) is 1. The van der Waals surface area contributed by atoms with Crippen LogP contribution in [0.25, 0.3) is 0 Å². The lowest BCUT2D eigenvalue weighted by Gasteiger charge is -2.15. The van der Waals surface area contributed by atoms with E-state index in [4.69, 9.17) is 0 Å². The van der Waals surface area contributed by atoms with Crippen molar-refractivity contribution in [3.63, 3.8) is 0 Å². The molecule has 1 aromatic rings. The fourth-order valence-corrected chi connectivity index (χ4v) is 2.11. The van der Waals surface area contributed by atoms with Crippen molar-refractivity contribution in [2.24, 2.45) is 0 Å². The molecule has 0 aliphatic rings. The zero-order valence-corrected chi connectivity index (χ0v) is 12.5. The average molecular weight is 304 g/mol. The number of hydrogen-bond acceptors (Lipinski definition) is 2. The first-order valence-corrected chi connectivity index (χ1v) is 7.35. The normalized spacial score (nSPS) is 13.4. The van der Waals surface area contributed by atoms with Gasteiger partial charge in [-0.3, -0.25) is 4.79 Å². The fraction of sp³-hybridized carbons (Fsp3) is 0.667. The summed E-state index contributed by atoms with van der Waals surface area (Å²) in [5.74, 6) is 0. The smallest absolute Gasteiger partial charge is 0.314 e. The molecule has 6 heteroatoms. The maximum absolute atomic E-state index is 12.6. The van der Waals surface area contributed by atoms with Gasteiger partial charge in [0.05, 0.1) is 5.56 Å². The van der Waals surface area contributed by atoms with Crippen LogP contribution in [0, 0.1) is 0 Å². The molecule has 1 aromatic heterocycles. The molecule has 21 heavy (non-hydrogen) atoms. The molecular weight excluding hydrogens is 281 g/mol. The summed E-state index contributed by atoms with van der Waals surface area (Å²) in [4.78, 5) is 11.6. The largest absolute Gasteiger partial charge is 0.417 e. The van der Waals surface area contributed by atoms with E-state index in [1.807, 2.05) is 6.92 Å². The molecule has 1 N–H and O–H groups in total. The third-order valence-electron chi connectivity index (χ3n) is 3.40. The second kappa shape index (κ2) is 8.22. The van der Waals surface area contributed by atoms with E-state index in [1.54, 1.807) is 0 Å². The van der Waals surface area contributed by atoms with E-state index in [0.29, 0.717) is 12.6 Å². The van der Waals surface area contributed by atoms with E-state index in [1.165, 1.54) is 6.42 Å². The molecular formula is C15H23F3N2O. The minimum Gasteiger partial charge on any atom is -0.314 e. The van der Waals surface area contributed by atoms with Crippen LogP contribution in [0.3, 0.4) is 0 Å². The van der Waals surface area contributed by atoms with Crippen molar-refractivity contribution in [3.05, 3.63) is 34.2 Å². The van der Waals surface area contributed by atoms with Gasteiger partial charge in [-0.15, -0.1) is 0 Å². The molecule has 120 valence electrons. The number of nitrogens with zero attached hydrogens (tertiary/aromatic N) is 1. The van der Waals surface area contributed by atoms with E-state index in [0.717, 1.165) is 42.2 Å². The highest BCUT2D eigenvalue weighted by atomic mass is 19.4. The first kappa shape index (κ1) is 17.8. The highest BCUT2D eigenvalue weighted by molar-refractivity contribution is 5.13. The van der Waals surface area contributed by atoms with Gasteiger partial charge < -0.3 is 9.88 Å². The Morgan fingerprint density at radius 3 is 2.62 bits per heavy atom. The van der Waals surface area contributed by atoms with Gasteiger partial charge in [-0.05, 0) is 19.4 Å². The monoisotopic (exact) mass is 304 g/mol. The summed E-state index contributed by atoms with van der Waals surface area (Å²) in [5, 5.41) is 3.23. The number of rotatable bonds is 8. The summed E-state index contributed by atoms with van der Waals surface area (Å²) in [6.07, 6.45) is 0.965. The first-order chi connectivity index (χ1) is 9.84. The summed E-state index contributed by atoms with van der Waals surface area (Å²) in [6.45, 7) is 4.90. The standard InChI is InChI=1S/C15H23F3N2O/c1-3-4-5-6-12(2)19-9-10-20-11-13(15(16,17)18)7-8-14(20)21/h7-8,11-12,19H,3-6,9-10H2,1-2H3. The van der Waals surface area contributed by atoms with Gasteiger partial charge in [0.1, 0.15) is 0 Å². The molecule has 1 unspecified atom stereocenters. The maximum Gasteiger partial charge on any atom is 0.417 e. The Morgan fingerprint density at radius 1 is 1.29 bits per heavy atom. The van der Waals surface area contributed by atoms with Gasteiger partial charge in [0.2, 0.25) is 0 Å². The van der Waals surface area contributed by atoms with Crippen LogP contribution in [0.2, 0.25) is 0 Å². The maximum atomic E-state index is 12.6. The lowest BCUT2D eigenvalue weighted by Crippen LogP contribution is -2.32. The van der Waals surface area contributed by atoms with Crippen molar-refractivity contribution in [2.75, 3.05) is 6.54 Å². The quantitative estimate of drug-likeness (QED) is 0.747. The Hall–Kier alpha value is -1.30. The van der Waals surface area contributed by atoms with Gasteiger partial charge in [0, 0.05) is 31.4 Å². The molecule has 0 bridgehead atoms. The van der Waals surface area contributed by atoms with Crippen molar-refractivity contribution in [2.45, 2.75) is 58.3 Å². The van der Waals surface area contributed by atoms with E-state index in [9.17, 15) is 18.0 Å². The fourth-order valence-electron chi connectivity index (χ4n) is 2.11. The molecule has 0 amide bonds. The number of alkyl halides is 3. The molecule has 1 atom stereocenters. The summed E-state index contributed by atoms with van der Waals surface area (Å²) in [5.41, 5.74) is -1.21. The van der Waals surface area contributed by atoms with Crippen molar-refractivity contribution >= 4 is 0 Å². The van der Waals surface area contributed by atoms with Crippen molar-refractivity contribution in [1.29, 1.82) is 0 Å². The molecule has 0 aromatic carbocycles. The highest BCUT2D eigenvalue weighted by Gasteiger charge is 2.30. The van der Waals surface area contributed by atoms with Crippen LogP contribution in [0.15, 0.2) is 23.1 Å². The van der Waals surface area contributed by atoms with Crippen molar-refractivity contribution in [3.8, 4) is 0 Å². The van der Waals surface area contributed by atoms with Gasteiger partial charge >= 0.3 is 6.18 Å². The third kappa shape index (κ3) is 6.33. The minimum atomic E-state index is -4.42. The Labute approximate surface area is 123 Å². The van der Waals surface area contributed by atoms with Crippen LogP contribution < -0.4 is 10.9 Å². The summed E-state index contributed by atoms with van der Waals surface area (Å²) in [7, 11) is 0. The molecule has 0 fully saturated rings. The zero-order chi connectivity index (χ0) is 15.9. The number of aromatic nitrogens is 1. The van der Waals surface area contributed by atoms with E-state index >= 15 is 0 Å². The average Bonchev–Trinajstić information content (AvgIpc) is 2.40. The SMILES string of the molecule is CCCCCC(C)NCCn1cc(C(F)(F)F)ccc1=O. The number of unbranched alkanes of at least 4 members (excludes halogenated alkanes) is 2. The van der Waals surface area contributed by atoms with E-state index in [2.05, 4.69) is 12.2 Å². The molecule has 0 aliphatic heterocycles. The molecule has 0 spiro atoms. The lowest BCUT2D eigenvalue weighted by atomic mass is 10.1. The molecule has 0 aliphatic carbocycles. The molecule has 0 saturated heterocycles. The molecule has 1 rings (SSSR count). The Bertz CT molecular complexity index is 483. The molecule has 1 heterocycles.